The van der Waals surface area contributed by atoms with Gasteiger partial charge in [0.05, 0.1) is 6.42 Å². The SMILES string of the molecule is Cc1cnc(C2CCC2)n1CC1CCN(C(=O)Cc2cccc(F)c2)CC1. The molecule has 4 nitrogen and oxygen atoms in total. The summed E-state index contributed by atoms with van der Waals surface area (Å²) in [6.45, 7) is 4.76. The molecule has 0 unspecified atom stereocenters. The molecule has 2 heterocycles. The lowest BCUT2D eigenvalue weighted by atomic mass is 9.84. The number of rotatable bonds is 5. The minimum absolute atomic E-state index is 0.105. The lowest BCUT2D eigenvalue weighted by molar-refractivity contribution is -0.131. The molecule has 0 radical (unpaired) electrons. The molecular formula is C22H28FN3O. The van der Waals surface area contributed by atoms with E-state index >= 15 is 0 Å². The van der Waals surface area contributed by atoms with Gasteiger partial charge in [0.2, 0.25) is 5.91 Å². The Kier molecular flexibility index (Phi) is 5.28. The summed E-state index contributed by atoms with van der Waals surface area (Å²) < 4.78 is 15.7. The number of piperidine rings is 1. The van der Waals surface area contributed by atoms with Crippen LogP contribution in [0.1, 0.15) is 55.1 Å². The second-order valence-electron chi connectivity index (χ2n) is 8.13. The smallest absolute Gasteiger partial charge is 0.226 e. The lowest BCUT2D eigenvalue weighted by Gasteiger charge is -2.33. The molecule has 2 aliphatic rings. The highest BCUT2D eigenvalue weighted by molar-refractivity contribution is 5.78. The van der Waals surface area contributed by atoms with Crippen molar-refractivity contribution in [3.8, 4) is 0 Å². The molecule has 0 atom stereocenters. The zero-order valence-corrected chi connectivity index (χ0v) is 16.0. The zero-order valence-electron chi connectivity index (χ0n) is 16.0. The zero-order chi connectivity index (χ0) is 18.8. The number of imidazole rings is 1. The van der Waals surface area contributed by atoms with E-state index in [0.29, 0.717) is 11.8 Å². The maximum absolute atomic E-state index is 13.3. The third-order valence-electron chi connectivity index (χ3n) is 6.21. The van der Waals surface area contributed by atoms with Crippen molar-refractivity contribution in [1.29, 1.82) is 0 Å². The van der Waals surface area contributed by atoms with Gasteiger partial charge in [-0.2, -0.15) is 0 Å². The maximum atomic E-state index is 13.3. The van der Waals surface area contributed by atoms with E-state index in [1.807, 2.05) is 17.2 Å². The quantitative estimate of drug-likeness (QED) is 0.796. The van der Waals surface area contributed by atoms with Crippen molar-refractivity contribution in [3.05, 3.63) is 53.4 Å². The number of carbonyl (C=O) groups excluding carboxylic acids is 1. The van der Waals surface area contributed by atoms with Gasteiger partial charge >= 0.3 is 0 Å². The molecule has 2 aromatic rings. The summed E-state index contributed by atoms with van der Waals surface area (Å²) in [5, 5.41) is 0. The van der Waals surface area contributed by atoms with Crippen molar-refractivity contribution in [2.75, 3.05) is 13.1 Å². The minimum atomic E-state index is -0.281. The summed E-state index contributed by atoms with van der Waals surface area (Å²) in [7, 11) is 0. The fraction of sp³-hybridized carbons (Fsp3) is 0.545. The fourth-order valence-electron chi connectivity index (χ4n) is 4.27. The van der Waals surface area contributed by atoms with Crippen molar-refractivity contribution in [2.45, 2.75) is 57.9 Å². The first kappa shape index (κ1) is 18.2. The summed E-state index contributed by atoms with van der Waals surface area (Å²) in [6.07, 6.45) is 8.20. The molecule has 5 heteroatoms. The van der Waals surface area contributed by atoms with Gasteiger partial charge in [0.1, 0.15) is 11.6 Å². The van der Waals surface area contributed by atoms with E-state index in [2.05, 4.69) is 16.5 Å². The monoisotopic (exact) mass is 369 g/mol. The Labute approximate surface area is 160 Å². The Bertz CT molecular complexity index is 804. The number of aryl methyl sites for hydroxylation is 1. The van der Waals surface area contributed by atoms with Crippen molar-refractivity contribution < 1.29 is 9.18 Å². The van der Waals surface area contributed by atoms with Crippen LogP contribution in [0.3, 0.4) is 0 Å². The van der Waals surface area contributed by atoms with E-state index in [9.17, 15) is 9.18 Å². The van der Waals surface area contributed by atoms with Crippen molar-refractivity contribution in [2.24, 2.45) is 5.92 Å². The number of halogens is 1. The van der Waals surface area contributed by atoms with E-state index in [0.717, 1.165) is 38.0 Å². The van der Waals surface area contributed by atoms with Crippen LogP contribution >= 0.6 is 0 Å². The first-order chi connectivity index (χ1) is 13.1. The van der Waals surface area contributed by atoms with Crippen LogP contribution in [0, 0.1) is 18.7 Å². The van der Waals surface area contributed by atoms with Crippen LogP contribution < -0.4 is 0 Å². The first-order valence-electron chi connectivity index (χ1n) is 10.1. The number of aromatic nitrogens is 2. The molecule has 1 aromatic heterocycles. The molecule has 1 aliphatic carbocycles. The average molecular weight is 369 g/mol. The van der Waals surface area contributed by atoms with Gasteiger partial charge in [0.25, 0.3) is 0 Å². The molecule has 0 N–H and O–H groups in total. The second-order valence-corrected chi connectivity index (χ2v) is 8.13. The molecule has 1 aliphatic heterocycles. The third-order valence-corrected chi connectivity index (χ3v) is 6.21. The molecular weight excluding hydrogens is 341 g/mol. The Morgan fingerprint density at radius 1 is 1.22 bits per heavy atom. The van der Waals surface area contributed by atoms with Gasteiger partial charge < -0.3 is 9.47 Å². The van der Waals surface area contributed by atoms with Gasteiger partial charge in [-0.25, -0.2) is 9.37 Å². The summed E-state index contributed by atoms with van der Waals surface area (Å²) in [6, 6.07) is 6.35. The Morgan fingerprint density at radius 3 is 2.67 bits per heavy atom. The number of benzene rings is 1. The van der Waals surface area contributed by atoms with Crippen molar-refractivity contribution >= 4 is 5.91 Å². The number of hydrogen-bond donors (Lipinski definition) is 0. The number of likely N-dealkylation sites (tertiary alicyclic amines) is 1. The Hall–Kier alpha value is -2.17. The first-order valence-corrected chi connectivity index (χ1v) is 10.1. The highest BCUT2D eigenvalue weighted by Gasteiger charge is 2.28. The lowest BCUT2D eigenvalue weighted by Crippen LogP contribution is -2.40. The Balaban J connectivity index is 1.31. The standard InChI is InChI=1S/C22H28FN3O/c1-16-14-24-22(19-5-3-6-19)26(16)15-17-8-10-25(11-9-17)21(27)13-18-4-2-7-20(23)12-18/h2,4,7,12,14,17,19H,3,5-6,8-11,13,15H2,1H3. The van der Waals surface area contributed by atoms with Gasteiger partial charge in [-0.3, -0.25) is 4.79 Å². The molecule has 1 saturated carbocycles. The van der Waals surface area contributed by atoms with E-state index in [-0.39, 0.29) is 18.1 Å². The molecule has 27 heavy (non-hydrogen) atoms. The van der Waals surface area contributed by atoms with E-state index < -0.39 is 0 Å². The molecule has 0 spiro atoms. The van der Waals surface area contributed by atoms with Crippen LogP contribution in [-0.2, 0) is 17.8 Å². The van der Waals surface area contributed by atoms with Crippen LogP contribution in [0.5, 0.6) is 0 Å². The average Bonchev–Trinajstić information content (AvgIpc) is 2.95. The topological polar surface area (TPSA) is 38.1 Å². The van der Waals surface area contributed by atoms with Gasteiger partial charge in [-0.05, 0) is 56.2 Å². The highest BCUT2D eigenvalue weighted by Crippen LogP contribution is 2.36. The van der Waals surface area contributed by atoms with Crippen LogP contribution in [-0.4, -0.2) is 33.4 Å². The molecule has 4 rings (SSSR count). The number of hydrogen-bond acceptors (Lipinski definition) is 2. The molecule has 1 amide bonds. The van der Waals surface area contributed by atoms with Crippen LogP contribution in [0.25, 0.3) is 0 Å². The third kappa shape index (κ3) is 4.07. The normalized spacial score (nSPS) is 18.5. The summed E-state index contributed by atoms with van der Waals surface area (Å²) in [5.74, 6) is 2.33. The number of amides is 1. The minimum Gasteiger partial charge on any atom is -0.342 e. The molecule has 0 bridgehead atoms. The van der Waals surface area contributed by atoms with E-state index in [4.69, 9.17) is 0 Å². The van der Waals surface area contributed by atoms with Crippen LogP contribution in [0.4, 0.5) is 4.39 Å². The van der Waals surface area contributed by atoms with Gasteiger partial charge in [-0.1, -0.05) is 18.6 Å². The van der Waals surface area contributed by atoms with E-state index in [1.165, 1.54) is 42.9 Å². The molecule has 144 valence electrons. The largest absolute Gasteiger partial charge is 0.342 e. The van der Waals surface area contributed by atoms with E-state index in [1.54, 1.807) is 6.07 Å². The number of carbonyl (C=O) groups is 1. The predicted molar refractivity (Wildman–Crippen MR) is 103 cm³/mol. The van der Waals surface area contributed by atoms with Gasteiger partial charge in [0.15, 0.2) is 0 Å². The van der Waals surface area contributed by atoms with Crippen molar-refractivity contribution in [3.63, 3.8) is 0 Å². The van der Waals surface area contributed by atoms with Gasteiger partial charge in [0, 0.05) is 37.4 Å². The van der Waals surface area contributed by atoms with Crippen molar-refractivity contribution in [1.82, 2.24) is 14.5 Å². The summed E-state index contributed by atoms with van der Waals surface area (Å²) >= 11 is 0. The van der Waals surface area contributed by atoms with Crippen LogP contribution in [0.2, 0.25) is 0 Å². The number of nitrogens with zero attached hydrogens (tertiary/aromatic N) is 3. The fourth-order valence-corrected chi connectivity index (χ4v) is 4.27. The second kappa shape index (κ2) is 7.83. The predicted octanol–water partition coefficient (Wildman–Crippen LogP) is 4.08. The Morgan fingerprint density at radius 2 is 2.00 bits per heavy atom. The molecule has 2 fully saturated rings. The maximum Gasteiger partial charge on any atom is 0.226 e. The van der Waals surface area contributed by atoms with Crippen LogP contribution in [0.15, 0.2) is 30.5 Å². The summed E-state index contributed by atoms with van der Waals surface area (Å²) in [5.41, 5.74) is 2.00. The summed E-state index contributed by atoms with van der Waals surface area (Å²) in [4.78, 5) is 19.1. The molecule has 1 aromatic carbocycles. The van der Waals surface area contributed by atoms with Gasteiger partial charge in [-0.15, -0.1) is 0 Å². The molecule has 1 saturated heterocycles. The highest BCUT2D eigenvalue weighted by atomic mass is 19.1.